The zero-order valence-corrected chi connectivity index (χ0v) is 15.2. The third-order valence-corrected chi connectivity index (χ3v) is 3.35. The van der Waals surface area contributed by atoms with Gasteiger partial charge in [-0.15, -0.1) is 0 Å². The highest BCUT2D eigenvalue weighted by Crippen LogP contribution is 2.34. The molecule has 2 aromatic rings. The quantitative estimate of drug-likeness (QED) is 0.835. The number of amides is 1. The van der Waals surface area contributed by atoms with Crippen LogP contribution in [0, 0.1) is 11.3 Å². The first-order valence-electron chi connectivity index (χ1n) is 8.49. The van der Waals surface area contributed by atoms with Gasteiger partial charge in [0.15, 0.2) is 6.61 Å². The molecule has 0 aromatic heterocycles. The van der Waals surface area contributed by atoms with Gasteiger partial charge < -0.3 is 15.4 Å². The van der Waals surface area contributed by atoms with Gasteiger partial charge >= 0.3 is 0 Å². The van der Waals surface area contributed by atoms with Crippen LogP contribution >= 0.6 is 0 Å². The van der Waals surface area contributed by atoms with Crippen LogP contribution in [0.15, 0.2) is 42.5 Å². The fourth-order valence-corrected chi connectivity index (χ4v) is 2.26. The average Bonchev–Trinajstić information content (AvgIpc) is 2.68. The molecule has 1 aliphatic heterocycles. The second-order valence-corrected chi connectivity index (χ2v) is 4.80. The molecular weight excluding hydrogens is 314 g/mol. The van der Waals surface area contributed by atoms with Gasteiger partial charge in [0.25, 0.3) is 5.91 Å². The summed E-state index contributed by atoms with van der Waals surface area (Å²) in [6.45, 7) is 8.44. The molecule has 2 N–H and O–H groups in total. The van der Waals surface area contributed by atoms with Crippen LogP contribution in [0.25, 0.3) is 0 Å². The van der Waals surface area contributed by atoms with Crippen molar-refractivity contribution in [2.45, 2.75) is 34.2 Å². The van der Waals surface area contributed by atoms with Crippen molar-refractivity contribution in [1.29, 1.82) is 5.26 Å². The first kappa shape index (κ1) is 20.0. The van der Waals surface area contributed by atoms with Gasteiger partial charge in [-0.25, -0.2) is 0 Å². The predicted molar refractivity (Wildman–Crippen MR) is 101 cm³/mol. The monoisotopic (exact) mass is 339 g/mol. The number of benzene rings is 2. The van der Waals surface area contributed by atoms with E-state index in [0.717, 1.165) is 5.56 Å². The van der Waals surface area contributed by atoms with Gasteiger partial charge in [0.05, 0.1) is 23.9 Å². The summed E-state index contributed by atoms with van der Waals surface area (Å²) in [6, 6.07) is 14.5. The number of carbonyl (C=O) groups is 1. The lowest BCUT2D eigenvalue weighted by molar-refractivity contribution is -0.121. The highest BCUT2D eigenvalue weighted by molar-refractivity contribution is 5.98. The van der Waals surface area contributed by atoms with Gasteiger partial charge in [0.1, 0.15) is 5.75 Å². The Hall–Kier alpha value is -3.00. The molecule has 0 radical (unpaired) electrons. The van der Waals surface area contributed by atoms with Crippen molar-refractivity contribution in [3.8, 4) is 11.8 Å². The lowest BCUT2D eigenvalue weighted by Gasteiger charge is -2.29. The van der Waals surface area contributed by atoms with E-state index < -0.39 is 0 Å². The van der Waals surface area contributed by atoms with E-state index in [-0.39, 0.29) is 12.5 Å². The summed E-state index contributed by atoms with van der Waals surface area (Å²) in [4.78, 5) is 13.8. The molecule has 3 rings (SSSR count). The first-order valence-corrected chi connectivity index (χ1v) is 8.49. The van der Waals surface area contributed by atoms with Crippen molar-refractivity contribution >= 4 is 17.3 Å². The lowest BCUT2D eigenvalue weighted by atomic mass is 10.1. The van der Waals surface area contributed by atoms with Crippen LogP contribution in [0.4, 0.5) is 11.4 Å². The van der Waals surface area contributed by atoms with Crippen LogP contribution < -0.4 is 15.4 Å². The molecule has 0 spiro atoms. The topological polar surface area (TPSA) is 79.3 Å². The molecule has 0 saturated carbocycles. The van der Waals surface area contributed by atoms with Crippen molar-refractivity contribution in [3.63, 3.8) is 0 Å². The third-order valence-electron chi connectivity index (χ3n) is 3.35. The van der Waals surface area contributed by atoms with Crippen LogP contribution in [-0.2, 0) is 11.3 Å². The molecule has 25 heavy (non-hydrogen) atoms. The second-order valence-electron chi connectivity index (χ2n) is 4.80. The van der Waals surface area contributed by atoms with E-state index in [1.54, 1.807) is 35.2 Å². The van der Waals surface area contributed by atoms with Crippen molar-refractivity contribution < 1.29 is 9.53 Å². The molecule has 0 fully saturated rings. The molecule has 1 amide bonds. The molecule has 2 aromatic carbocycles. The molecule has 1 heterocycles. The maximum atomic E-state index is 12.1. The molecule has 1 aliphatic rings. The molecule has 0 aliphatic carbocycles. The Kier molecular flexibility index (Phi) is 8.01. The Morgan fingerprint density at radius 2 is 1.76 bits per heavy atom. The van der Waals surface area contributed by atoms with E-state index in [1.807, 2.05) is 39.8 Å². The van der Waals surface area contributed by atoms with Gasteiger partial charge in [-0.3, -0.25) is 4.79 Å². The average molecular weight is 339 g/mol. The predicted octanol–water partition coefficient (Wildman–Crippen LogP) is 4.12. The van der Waals surface area contributed by atoms with Crippen molar-refractivity contribution in [3.05, 3.63) is 53.6 Å². The molecule has 5 nitrogen and oxygen atoms in total. The van der Waals surface area contributed by atoms with Crippen LogP contribution in [0.1, 0.15) is 38.8 Å². The maximum absolute atomic E-state index is 12.1. The number of nitriles is 1. The van der Waals surface area contributed by atoms with E-state index in [4.69, 9.17) is 15.7 Å². The van der Waals surface area contributed by atoms with Gasteiger partial charge in [-0.05, 0) is 29.8 Å². The molecule has 0 atom stereocenters. The van der Waals surface area contributed by atoms with Crippen molar-refractivity contribution in [2.75, 3.05) is 17.2 Å². The molecule has 0 unspecified atom stereocenters. The summed E-state index contributed by atoms with van der Waals surface area (Å²) in [5.74, 6) is 0.514. The molecular formula is C20H25N3O2. The van der Waals surface area contributed by atoms with Crippen molar-refractivity contribution in [2.24, 2.45) is 0 Å². The maximum Gasteiger partial charge on any atom is 0.265 e. The fraction of sp³-hybridized carbons (Fsp3) is 0.300. The summed E-state index contributed by atoms with van der Waals surface area (Å²) < 4.78 is 5.41. The molecule has 132 valence electrons. The zero-order valence-electron chi connectivity index (χ0n) is 15.2. The summed E-state index contributed by atoms with van der Waals surface area (Å²) in [7, 11) is 0. The third kappa shape index (κ3) is 4.98. The number of fused-ring (bicyclic) bond motifs is 1. The number of nitrogens with two attached hydrogens (primary N) is 1. The van der Waals surface area contributed by atoms with E-state index in [0.29, 0.717) is 29.2 Å². The van der Waals surface area contributed by atoms with E-state index in [1.165, 1.54) is 0 Å². The number of nitrogen functional groups attached to an aromatic ring is 1. The smallest absolute Gasteiger partial charge is 0.265 e. The summed E-state index contributed by atoms with van der Waals surface area (Å²) in [5, 5.41) is 8.81. The minimum Gasteiger partial charge on any atom is -0.481 e. The van der Waals surface area contributed by atoms with Gasteiger partial charge in [0.2, 0.25) is 0 Å². The number of hydrogen-bond donors (Lipinski definition) is 1. The second kappa shape index (κ2) is 9.99. The lowest BCUT2D eigenvalue weighted by Crippen LogP contribution is -2.38. The normalized spacial score (nSPS) is 11.6. The van der Waals surface area contributed by atoms with E-state index in [9.17, 15) is 4.79 Å². The molecule has 5 heteroatoms. The summed E-state index contributed by atoms with van der Waals surface area (Å²) in [6.07, 6.45) is 0. The highest BCUT2D eigenvalue weighted by Gasteiger charge is 2.25. The fourth-order valence-electron chi connectivity index (χ4n) is 2.26. The minimum absolute atomic E-state index is 0.00668. The van der Waals surface area contributed by atoms with Crippen LogP contribution in [0.2, 0.25) is 0 Å². The molecule has 0 bridgehead atoms. The van der Waals surface area contributed by atoms with Crippen LogP contribution in [-0.4, -0.2) is 12.5 Å². The summed E-state index contributed by atoms with van der Waals surface area (Å²) >= 11 is 0. The van der Waals surface area contributed by atoms with Crippen LogP contribution in [0.5, 0.6) is 5.75 Å². The number of ether oxygens (including phenoxy) is 1. The Balaban J connectivity index is 0.000000730. The SMILES string of the molecule is CC.CC.N#Cc1ccc(CN2C(=O)COc3cc(N)ccc32)cc1. The van der Waals surface area contributed by atoms with E-state index in [2.05, 4.69) is 6.07 Å². The van der Waals surface area contributed by atoms with Crippen LogP contribution in [0.3, 0.4) is 0 Å². The van der Waals surface area contributed by atoms with Gasteiger partial charge in [-0.2, -0.15) is 5.26 Å². The van der Waals surface area contributed by atoms with Gasteiger partial charge in [-0.1, -0.05) is 39.8 Å². The van der Waals surface area contributed by atoms with Crippen molar-refractivity contribution in [1.82, 2.24) is 0 Å². The largest absolute Gasteiger partial charge is 0.481 e. The summed E-state index contributed by atoms with van der Waals surface area (Å²) in [5.41, 5.74) is 8.59. The number of rotatable bonds is 2. The van der Waals surface area contributed by atoms with Gasteiger partial charge in [0, 0.05) is 11.8 Å². The Morgan fingerprint density at radius 3 is 2.36 bits per heavy atom. The number of nitrogens with zero attached hydrogens (tertiary/aromatic N) is 2. The number of hydrogen-bond acceptors (Lipinski definition) is 4. The minimum atomic E-state index is -0.100. The Morgan fingerprint density at radius 1 is 1.12 bits per heavy atom. The number of carbonyl (C=O) groups excluding carboxylic acids is 1. The zero-order chi connectivity index (χ0) is 18.8. The molecule has 0 saturated heterocycles. The Labute approximate surface area is 149 Å². The number of anilines is 2. The Bertz CT molecular complexity index is 734. The van der Waals surface area contributed by atoms with E-state index >= 15 is 0 Å². The standard InChI is InChI=1S/C16H13N3O2.2C2H6/c17-8-11-1-3-12(4-2-11)9-19-14-6-5-13(18)7-15(14)21-10-16(19)20;2*1-2/h1-7H,9-10,18H2;2*1-2H3. The first-order chi connectivity index (χ1) is 12.2. The highest BCUT2D eigenvalue weighted by atomic mass is 16.5.